The summed E-state index contributed by atoms with van der Waals surface area (Å²) in [5, 5.41) is 13.4. The Labute approximate surface area is 143 Å². The lowest BCUT2D eigenvalue weighted by atomic mass is 10.1. The molecule has 0 aliphatic heterocycles. The minimum Gasteiger partial charge on any atom is -0.388 e. The fourth-order valence-corrected chi connectivity index (χ4v) is 3.09. The van der Waals surface area contributed by atoms with Crippen LogP contribution in [0.3, 0.4) is 0 Å². The van der Waals surface area contributed by atoms with Crippen LogP contribution in [0.5, 0.6) is 0 Å². The summed E-state index contributed by atoms with van der Waals surface area (Å²) in [5.41, 5.74) is 3.92. The number of nitrogens with zero attached hydrogens (tertiary/aromatic N) is 3. The molecule has 0 atom stereocenters. The molecule has 124 valence electrons. The molecule has 2 N–H and O–H groups in total. The molecule has 6 nitrogen and oxygen atoms in total. The first-order valence-corrected chi connectivity index (χ1v) is 7.92. The van der Waals surface area contributed by atoms with E-state index in [2.05, 4.69) is 15.3 Å². The number of aliphatic hydroxyl groups is 1. The highest BCUT2D eigenvalue weighted by molar-refractivity contribution is 6.03. The highest BCUT2D eigenvalue weighted by Gasteiger charge is 2.15. The normalized spacial score (nSPS) is 11.1. The van der Waals surface area contributed by atoms with Crippen LogP contribution in [0.25, 0.3) is 27.6 Å². The number of carbonyl (C=O) groups excluding carboxylic acids is 1. The zero-order chi connectivity index (χ0) is 17.4. The SMILES string of the molecule is CC(=O)Nc1ccc(-n2c(CO)nc3ccccc32)c2cccnc12. The van der Waals surface area contributed by atoms with Crippen LogP contribution in [0.15, 0.2) is 54.7 Å². The summed E-state index contributed by atoms with van der Waals surface area (Å²) < 4.78 is 1.93. The molecular formula is C19H16N4O2. The zero-order valence-electron chi connectivity index (χ0n) is 13.6. The Morgan fingerprint density at radius 3 is 2.80 bits per heavy atom. The summed E-state index contributed by atoms with van der Waals surface area (Å²) in [4.78, 5) is 20.4. The molecule has 0 saturated heterocycles. The molecule has 25 heavy (non-hydrogen) atoms. The molecule has 0 spiro atoms. The smallest absolute Gasteiger partial charge is 0.221 e. The van der Waals surface area contributed by atoms with E-state index < -0.39 is 0 Å². The number of carbonyl (C=O) groups is 1. The lowest BCUT2D eigenvalue weighted by Crippen LogP contribution is -2.08. The Hall–Kier alpha value is -3.25. The van der Waals surface area contributed by atoms with Gasteiger partial charge in [-0.1, -0.05) is 12.1 Å². The number of nitrogens with one attached hydrogen (secondary N) is 1. The number of benzene rings is 2. The van der Waals surface area contributed by atoms with E-state index in [0.29, 0.717) is 17.0 Å². The number of amides is 1. The molecule has 0 aliphatic rings. The van der Waals surface area contributed by atoms with Crippen LogP contribution in [0.1, 0.15) is 12.7 Å². The first kappa shape index (κ1) is 15.3. The number of para-hydroxylation sites is 2. The number of aromatic nitrogens is 3. The maximum absolute atomic E-state index is 11.5. The van der Waals surface area contributed by atoms with Crippen LogP contribution in [-0.4, -0.2) is 25.5 Å². The fraction of sp³-hybridized carbons (Fsp3) is 0.105. The van der Waals surface area contributed by atoms with E-state index >= 15 is 0 Å². The summed E-state index contributed by atoms with van der Waals surface area (Å²) in [7, 11) is 0. The van der Waals surface area contributed by atoms with Crippen molar-refractivity contribution in [2.45, 2.75) is 13.5 Å². The number of aliphatic hydroxyl groups excluding tert-OH is 1. The van der Waals surface area contributed by atoms with Crippen molar-refractivity contribution in [3.8, 4) is 5.69 Å². The number of hydrogen-bond donors (Lipinski definition) is 2. The van der Waals surface area contributed by atoms with Gasteiger partial charge in [-0.3, -0.25) is 14.3 Å². The van der Waals surface area contributed by atoms with Gasteiger partial charge >= 0.3 is 0 Å². The Kier molecular flexibility index (Phi) is 3.66. The molecule has 0 radical (unpaired) electrons. The number of imidazole rings is 1. The highest BCUT2D eigenvalue weighted by Crippen LogP contribution is 2.30. The van der Waals surface area contributed by atoms with E-state index in [-0.39, 0.29) is 12.5 Å². The van der Waals surface area contributed by atoms with Crippen LogP contribution < -0.4 is 5.32 Å². The molecule has 0 unspecified atom stereocenters. The van der Waals surface area contributed by atoms with E-state index in [1.54, 1.807) is 6.20 Å². The summed E-state index contributed by atoms with van der Waals surface area (Å²) in [5.74, 6) is 0.405. The quantitative estimate of drug-likeness (QED) is 0.604. The minimum absolute atomic E-state index is 0.149. The van der Waals surface area contributed by atoms with Gasteiger partial charge < -0.3 is 10.4 Å². The minimum atomic E-state index is -0.177. The third kappa shape index (κ3) is 2.53. The van der Waals surface area contributed by atoms with Gasteiger partial charge in [0.15, 0.2) is 0 Å². The number of rotatable bonds is 3. The monoisotopic (exact) mass is 332 g/mol. The number of pyridine rings is 1. The molecule has 0 bridgehead atoms. The van der Waals surface area contributed by atoms with Crippen LogP contribution in [0.4, 0.5) is 5.69 Å². The van der Waals surface area contributed by atoms with E-state index in [4.69, 9.17) is 0 Å². The summed E-state index contributed by atoms with van der Waals surface area (Å²) in [6.07, 6.45) is 1.69. The van der Waals surface area contributed by atoms with Gasteiger partial charge in [-0.05, 0) is 36.4 Å². The van der Waals surface area contributed by atoms with E-state index in [1.165, 1.54) is 6.92 Å². The second-order valence-electron chi connectivity index (χ2n) is 5.72. The molecular weight excluding hydrogens is 316 g/mol. The van der Waals surface area contributed by atoms with E-state index in [9.17, 15) is 9.90 Å². The predicted octanol–water partition coefficient (Wildman–Crippen LogP) is 3.02. The molecule has 4 aromatic rings. The summed E-state index contributed by atoms with van der Waals surface area (Å²) in [6.45, 7) is 1.29. The Morgan fingerprint density at radius 2 is 2.00 bits per heavy atom. The topological polar surface area (TPSA) is 80.0 Å². The fourth-order valence-electron chi connectivity index (χ4n) is 3.09. The van der Waals surface area contributed by atoms with Crippen molar-refractivity contribution in [3.63, 3.8) is 0 Å². The molecule has 2 heterocycles. The lowest BCUT2D eigenvalue weighted by Gasteiger charge is -2.14. The van der Waals surface area contributed by atoms with Crippen LogP contribution in [0.2, 0.25) is 0 Å². The number of anilines is 1. The third-order valence-electron chi connectivity index (χ3n) is 4.07. The first-order chi connectivity index (χ1) is 12.2. The summed E-state index contributed by atoms with van der Waals surface area (Å²) >= 11 is 0. The van der Waals surface area contributed by atoms with Gasteiger partial charge in [0.25, 0.3) is 0 Å². The number of fused-ring (bicyclic) bond motifs is 2. The lowest BCUT2D eigenvalue weighted by molar-refractivity contribution is -0.114. The highest BCUT2D eigenvalue weighted by atomic mass is 16.3. The summed E-state index contributed by atoms with van der Waals surface area (Å²) in [6, 6.07) is 15.3. The second-order valence-corrected chi connectivity index (χ2v) is 5.72. The molecule has 6 heteroatoms. The predicted molar refractivity (Wildman–Crippen MR) is 96.6 cm³/mol. The van der Waals surface area contributed by atoms with Crippen molar-refractivity contribution in [2.24, 2.45) is 0 Å². The van der Waals surface area contributed by atoms with Gasteiger partial charge in [0.05, 0.1) is 27.9 Å². The maximum atomic E-state index is 11.5. The Morgan fingerprint density at radius 1 is 1.16 bits per heavy atom. The molecule has 0 aliphatic carbocycles. The van der Waals surface area contributed by atoms with Gasteiger partial charge in [-0.2, -0.15) is 0 Å². The number of hydrogen-bond acceptors (Lipinski definition) is 4. The molecule has 1 amide bonds. The van der Waals surface area contributed by atoms with Crippen molar-refractivity contribution in [3.05, 3.63) is 60.6 Å². The molecule has 0 saturated carbocycles. The van der Waals surface area contributed by atoms with Gasteiger partial charge in [0.1, 0.15) is 12.4 Å². The van der Waals surface area contributed by atoms with Crippen LogP contribution in [0, 0.1) is 0 Å². The average molecular weight is 332 g/mol. The average Bonchev–Trinajstić information content (AvgIpc) is 3.00. The second kappa shape index (κ2) is 5.99. The molecule has 0 fully saturated rings. The molecule has 2 aromatic heterocycles. The first-order valence-electron chi connectivity index (χ1n) is 7.92. The van der Waals surface area contributed by atoms with Crippen molar-refractivity contribution < 1.29 is 9.90 Å². The zero-order valence-corrected chi connectivity index (χ0v) is 13.6. The van der Waals surface area contributed by atoms with Crippen molar-refractivity contribution in [2.75, 3.05) is 5.32 Å². The van der Waals surface area contributed by atoms with Crippen molar-refractivity contribution in [1.29, 1.82) is 0 Å². The molecule has 4 rings (SSSR count). The van der Waals surface area contributed by atoms with Gasteiger partial charge in [-0.25, -0.2) is 4.98 Å². The van der Waals surface area contributed by atoms with Crippen LogP contribution >= 0.6 is 0 Å². The van der Waals surface area contributed by atoms with E-state index in [1.807, 2.05) is 53.1 Å². The molecule has 2 aromatic carbocycles. The Bertz CT molecular complexity index is 1100. The Balaban J connectivity index is 2.05. The standard InChI is InChI=1S/C19H16N4O2/c1-12(25)21-15-8-9-16(13-5-4-10-20-19(13)15)23-17-7-3-2-6-14(17)22-18(23)11-24/h2-10,24H,11H2,1H3,(H,21,25). The van der Waals surface area contributed by atoms with E-state index in [0.717, 1.165) is 22.1 Å². The third-order valence-corrected chi connectivity index (χ3v) is 4.07. The van der Waals surface area contributed by atoms with Gasteiger partial charge in [0, 0.05) is 18.5 Å². The van der Waals surface area contributed by atoms with Gasteiger partial charge in [0.2, 0.25) is 5.91 Å². The maximum Gasteiger partial charge on any atom is 0.221 e. The van der Waals surface area contributed by atoms with Crippen LogP contribution in [-0.2, 0) is 11.4 Å². The van der Waals surface area contributed by atoms with Gasteiger partial charge in [-0.15, -0.1) is 0 Å². The largest absolute Gasteiger partial charge is 0.388 e. The van der Waals surface area contributed by atoms with Crippen molar-refractivity contribution >= 4 is 33.5 Å². The van der Waals surface area contributed by atoms with Crippen molar-refractivity contribution in [1.82, 2.24) is 14.5 Å².